The van der Waals surface area contributed by atoms with Crippen LogP contribution in [-0.4, -0.2) is 38.1 Å². The van der Waals surface area contributed by atoms with Gasteiger partial charge >= 0.3 is 5.97 Å². The Kier molecular flexibility index (Phi) is 5.85. The first kappa shape index (κ1) is 21.1. The highest BCUT2D eigenvalue weighted by Crippen LogP contribution is 2.29. The summed E-state index contributed by atoms with van der Waals surface area (Å²) in [6.45, 7) is 0. The van der Waals surface area contributed by atoms with Gasteiger partial charge in [-0.25, -0.2) is 9.78 Å². The Morgan fingerprint density at radius 1 is 0.844 bits per heavy atom. The van der Waals surface area contributed by atoms with Crippen molar-refractivity contribution >= 4 is 28.5 Å². The van der Waals surface area contributed by atoms with Crippen LogP contribution in [-0.2, 0) is 4.74 Å². The monoisotopic (exact) mass is 426 g/mol. The van der Waals surface area contributed by atoms with Gasteiger partial charge in [0.2, 0.25) is 0 Å². The van der Waals surface area contributed by atoms with Gasteiger partial charge in [-0.2, -0.15) is 0 Å². The molecule has 0 aliphatic rings. The maximum atomic E-state index is 13.6. The molecule has 0 fully saturated rings. The van der Waals surface area contributed by atoms with Gasteiger partial charge in [-0.05, 0) is 48.5 Å². The highest BCUT2D eigenvalue weighted by Gasteiger charge is 2.22. The Hall–Kier alpha value is -4.19. The molecular weight excluding hydrogens is 404 g/mol. The van der Waals surface area contributed by atoms with Crippen LogP contribution in [0.1, 0.15) is 20.7 Å². The van der Waals surface area contributed by atoms with Crippen LogP contribution in [0.4, 0.5) is 5.69 Å². The minimum Gasteiger partial charge on any atom is -0.497 e. The number of anilines is 1. The van der Waals surface area contributed by atoms with Gasteiger partial charge in [0.15, 0.2) is 0 Å². The molecular formula is C26H22N2O4. The van der Waals surface area contributed by atoms with Crippen LogP contribution in [0.25, 0.3) is 22.2 Å². The lowest BCUT2D eigenvalue weighted by Gasteiger charge is -2.21. The number of rotatable bonds is 5. The van der Waals surface area contributed by atoms with Crippen LogP contribution < -0.4 is 9.64 Å². The molecule has 3 aromatic carbocycles. The predicted molar refractivity (Wildman–Crippen MR) is 124 cm³/mol. The molecule has 0 atom stereocenters. The van der Waals surface area contributed by atoms with Crippen molar-refractivity contribution < 1.29 is 19.1 Å². The van der Waals surface area contributed by atoms with Crippen LogP contribution in [0.2, 0.25) is 0 Å². The van der Waals surface area contributed by atoms with Gasteiger partial charge in [0.05, 0.1) is 42.2 Å². The number of fused-ring (bicyclic) bond motifs is 1. The second kappa shape index (κ2) is 8.89. The van der Waals surface area contributed by atoms with Gasteiger partial charge in [0.25, 0.3) is 5.91 Å². The van der Waals surface area contributed by atoms with E-state index in [1.807, 2.05) is 48.5 Å². The smallest absolute Gasteiger partial charge is 0.339 e. The molecule has 0 spiro atoms. The van der Waals surface area contributed by atoms with E-state index in [1.54, 1.807) is 44.5 Å². The zero-order valence-corrected chi connectivity index (χ0v) is 18.0. The number of pyridine rings is 1. The average molecular weight is 426 g/mol. The third-order valence-electron chi connectivity index (χ3n) is 5.31. The Balaban J connectivity index is 1.83. The molecule has 6 heteroatoms. The van der Waals surface area contributed by atoms with E-state index >= 15 is 0 Å². The average Bonchev–Trinajstić information content (AvgIpc) is 2.86. The summed E-state index contributed by atoms with van der Waals surface area (Å²) in [5.74, 6) is -0.0153. The molecule has 0 aliphatic carbocycles. The summed E-state index contributed by atoms with van der Waals surface area (Å²) < 4.78 is 10.1. The number of para-hydroxylation sites is 2. The fraction of sp³-hybridized carbons (Fsp3) is 0.115. The standard InChI is InChI=1S/C26H22N2O4/c1-28(24-11-7-5-9-20(24)26(30)32-3)25(29)21-16-23(17-12-14-18(31-2)15-13-17)27-22-10-6-4-8-19(21)22/h4-16H,1-3H3. The normalized spacial score (nSPS) is 10.6. The number of esters is 1. The molecule has 0 saturated carbocycles. The van der Waals surface area contributed by atoms with Gasteiger partial charge in [0, 0.05) is 18.0 Å². The Morgan fingerprint density at radius 2 is 1.53 bits per heavy atom. The van der Waals surface area contributed by atoms with Crippen LogP contribution in [0, 0.1) is 0 Å². The number of benzene rings is 3. The summed E-state index contributed by atoms with van der Waals surface area (Å²) in [5.41, 5.74) is 3.52. The molecule has 0 saturated heterocycles. The molecule has 0 radical (unpaired) electrons. The Morgan fingerprint density at radius 3 is 2.25 bits per heavy atom. The first-order valence-corrected chi connectivity index (χ1v) is 10.0. The van der Waals surface area contributed by atoms with Crippen molar-refractivity contribution in [3.63, 3.8) is 0 Å². The van der Waals surface area contributed by atoms with Gasteiger partial charge in [-0.1, -0.05) is 30.3 Å². The number of nitrogens with zero attached hydrogens (tertiary/aromatic N) is 2. The van der Waals surface area contributed by atoms with E-state index in [0.717, 1.165) is 16.7 Å². The quantitative estimate of drug-likeness (QED) is 0.421. The molecule has 0 bridgehead atoms. The van der Waals surface area contributed by atoms with Crippen molar-refractivity contribution in [3.8, 4) is 17.0 Å². The largest absolute Gasteiger partial charge is 0.497 e. The van der Waals surface area contributed by atoms with Crippen molar-refractivity contribution in [2.24, 2.45) is 0 Å². The lowest BCUT2D eigenvalue weighted by atomic mass is 10.0. The summed E-state index contributed by atoms with van der Waals surface area (Å²) in [5, 5.41) is 0.733. The Bertz CT molecular complexity index is 1300. The van der Waals surface area contributed by atoms with Crippen molar-refractivity contribution in [2.45, 2.75) is 0 Å². The predicted octanol–water partition coefficient (Wildman–Crippen LogP) is 4.97. The molecule has 6 nitrogen and oxygen atoms in total. The summed E-state index contributed by atoms with van der Waals surface area (Å²) in [4.78, 5) is 32.1. The van der Waals surface area contributed by atoms with Crippen LogP contribution in [0.5, 0.6) is 5.75 Å². The second-order valence-corrected chi connectivity index (χ2v) is 7.17. The highest BCUT2D eigenvalue weighted by atomic mass is 16.5. The van der Waals surface area contributed by atoms with Crippen LogP contribution in [0.3, 0.4) is 0 Å². The molecule has 1 amide bonds. The van der Waals surface area contributed by atoms with Gasteiger partial charge < -0.3 is 14.4 Å². The summed E-state index contributed by atoms with van der Waals surface area (Å²) in [7, 11) is 4.58. The third-order valence-corrected chi connectivity index (χ3v) is 5.31. The number of aromatic nitrogens is 1. The van der Waals surface area contributed by atoms with Gasteiger partial charge in [-0.15, -0.1) is 0 Å². The van der Waals surface area contributed by atoms with Crippen LogP contribution in [0.15, 0.2) is 78.9 Å². The SMILES string of the molecule is COC(=O)c1ccccc1N(C)C(=O)c1cc(-c2ccc(OC)cc2)nc2ccccc12. The molecule has 4 rings (SSSR count). The minimum absolute atomic E-state index is 0.255. The van der Waals surface area contributed by atoms with E-state index in [9.17, 15) is 9.59 Å². The molecule has 4 aromatic rings. The number of hydrogen-bond acceptors (Lipinski definition) is 5. The van der Waals surface area contributed by atoms with Crippen molar-refractivity contribution in [1.29, 1.82) is 0 Å². The van der Waals surface area contributed by atoms with E-state index in [4.69, 9.17) is 14.5 Å². The summed E-state index contributed by atoms with van der Waals surface area (Å²) in [6, 6.07) is 23.7. The zero-order chi connectivity index (χ0) is 22.7. The number of ether oxygens (including phenoxy) is 2. The van der Waals surface area contributed by atoms with Gasteiger partial charge in [-0.3, -0.25) is 4.79 Å². The second-order valence-electron chi connectivity index (χ2n) is 7.17. The summed E-state index contributed by atoms with van der Waals surface area (Å²) in [6.07, 6.45) is 0. The number of amides is 1. The molecule has 1 heterocycles. The highest BCUT2D eigenvalue weighted by molar-refractivity contribution is 6.15. The fourth-order valence-electron chi connectivity index (χ4n) is 3.60. The molecule has 160 valence electrons. The first-order valence-electron chi connectivity index (χ1n) is 10.0. The number of hydrogen-bond donors (Lipinski definition) is 0. The third kappa shape index (κ3) is 3.90. The van der Waals surface area contributed by atoms with Crippen LogP contribution >= 0.6 is 0 Å². The number of methoxy groups -OCH3 is 2. The van der Waals surface area contributed by atoms with E-state index in [1.165, 1.54) is 12.0 Å². The summed E-state index contributed by atoms with van der Waals surface area (Å²) >= 11 is 0. The molecule has 32 heavy (non-hydrogen) atoms. The molecule has 0 unspecified atom stereocenters. The molecule has 0 aliphatic heterocycles. The molecule has 0 N–H and O–H groups in total. The maximum Gasteiger partial charge on any atom is 0.339 e. The maximum absolute atomic E-state index is 13.6. The van der Waals surface area contributed by atoms with Crippen molar-refractivity contribution in [2.75, 3.05) is 26.2 Å². The van der Waals surface area contributed by atoms with Gasteiger partial charge in [0.1, 0.15) is 5.75 Å². The topological polar surface area (TPSA) is 68.7 Å². The first-order chi connectivity index (χ1) is 15.5. The fourth-order valence-corrected chi connectivity index (χ4v) is 3.60. The zero-order valence-electron chi connectivity index (χ0n) is 18.0. The van der Waals surface area contributed by atoms with E-state index in [0.29, 0.717) is 28.0 Å². The Labute approximate surface area is 186 Å². The van der Waals surface area contributed by atoms with E-state index in [-0.39, 0.29) is 5.91 Å². The number of carbonyl (C=O) groups is 2. The number of carbonyl (C=O) groups excluding carboxylic acids is 2. The van der Waals surface area contributed by atoms with E-state index < -0.39 is 5.97 Å². The van der Waals surface area contributed by atoms with E-state index in [2.05, 4.69) is 0 Å². The lowest BCUT2D eigenvalue weighted by molar-refractivity contribution is 0.0601. The van der Waals surface area contributed by atoms with Crippen molar-refractivity contribution in [3.05, 3.63) is 90.0 Å². The lowest BCUT2D eigenvalue weighted by Crippen LogP contribution is -2.28. The minimum atomic E-state index is -0.501. The molecule has 1 aromatic heterocycles. The van der Waals surface area contributed by atoms with Crippen molar-refractivity contribution in [1.82, 2.24) is 4.98 Å².